The van der Waals surface area contributed by atoms with Gasteiger partial charge in [-0.25, -0.2) is 0 Å². The van der Waals surface area contributed by atoms with E-state index in [0.29, 0.717) is 18.5 Å². The molecule has 0 aliphatic carbocycles. The lowest BCUT2D eigenvalue weighted by Crippen LogP contribution is -2.45. The van der Waals surface area contributed by atoms with Crippen molar-refractivity contribution in [1.29, 1.82) is 0 Å². The van der Waals surface area contributed by atoms with E-state index in [9.17, 15) is 14.7 Å². The fraction of sp³-hybridized carbons (Fsp3) is 0.300. The van der Waals surface area contributed by atoms with Gasteiger partial charge in [0.25, 0.3) is 5.91 Å². The van der Waals surface area contributed by atoms with Crippen LogP contribution < -0.4 is 10.6 Å². The lowest BCUT2D eigenvalue weighted by molar-refractivity contribution is -0.122. The Morgan fingerprint density at radius 1 is 1.08 bits per heavy atom. The van der Waals surface area contributed by atoms with Gasteiger partial charge in [0.05, 0.1) is 6.10 Å². The minimum atomic E-state index is -0.651. The molecule has 0 radical (unpaired) electrons. The zero-order chi connectivity index (χ0) is 18.2. The summed E-state index contributed by atoms with van der Waals surface area (Å²) >= 11 is 0. The molecule has 0 saturated heterocycles. The molecule has 2 atom stereocenters. The second kappa shape index (κ2) is 8.99. The fourth-order valence-electron chi connectivity index (χ4n) is 2.46. The zero-order valence-corrected chi connectivity index (χ0v) is 14.5. The Hall–Kier alpha value is -2.66. The Morgan fingerprint density at radius 3 is 2.48 bits per heavy atom. The molecule has 3 N–H and O–H groups in total. The standard InChI is InChI=1S/C20H24N2O3/c1-14-7-6-10-17(13-14)20(25)22-15(2)19(24)21-12-11-18(23)16-8-4-3-5-9-16/h3-10,13,15,18,23H,11-12H2,1-2H3,(H,21,24)(H,22,25). The summed E-state index contributed by atoms with van der Waals surface area (Å²) < 4.78 is 0. The van der Waals surface area contributed by atoms with E-state index in [0.717, 1.165) is 11.1 Å². The minimum Gasteiger partial charge on any atom is -0.388 e. The molecule has 0 fully saturated rings. The highest BCUT2D eigenvalue weighted by Gasteiger charge is 2.17. The van der Waals surface area contributed by atoms with Crippen molar-refractivity contribution in [1.82, 2.24) is 10.6 Å². The number of benzene rings is 2. The number of hydrogen-bond donors (Lipinski definition) is 3. The average Bonchev–Trinajstić information content (AvgIpc) is 2.62. The summed E-state index contributed by atoms with van der Waals surface area (Å²) in [5, 5.41) is 15.5. The Bertz CT molecular complexity index is 716. The van der Waals surface area contributed by atoms with Crippen LogP contribution in [0.25, 0.3) is 0 Å². The molecule has 25 heavy (non-hydrogen) atoms. The predicted octanol–water partition coefficient (Wildman–Crippen LogP) is 2.35. The van der Waals surface area contributed by atoms with Crippen LogP contribution in [0.2, 0.25) is 0 Å². The maximum atomic E-state index is 12.1. The van der Waals surface area contributed by atoms with Gasteiger partial charge < -0.3 is 15.7 Å². The SMILES string of the molecule is Cc1cccc(C(=O)NC(C)C(=O)NCCC(O)c2ccccc2)c1. The molecule has 5 nitrogen and oxygen atoms in total. The maximum absolute atomic E-state index is 12.1. The van der Waals surface area contributed by atoms with E-state index >= 15 is 0 Å². The van der Waals surface area contributed by atoms with Crippen molar-refractivity contribution in [3.63, 3.8) is 0 Å². The van der Waals surface area contributed by atoms with E-state index in [2.05, 4.69) is 10.6 Å². The molecule has 2 aromatic carbocycles. The Kier molecular flexibility index (Phi) is 6.71. The topological polar surface area (TPSA) is 78.4 Å². The summed E-state index contributed by atoms with van der Waals surface area (Å²) in [6.45, 7) is 3.88. The molecule has 0 aliphatic rings. The molecule has 132 valence electrons. The molecular formula is C20H24N2O3. The van der Waals surface area contributed by atoms with Crippen LogP contribution in [0.3, 0.4) is 0 Å². The average molecular weight is 340 g/mol. The molecule has 2 rings (SSSR count). The second-order valence-electron chi connectivity index (χ2n) is 6.07. The van der Waals surface area contributed by atoms with Crippen molar-refractivity contribution in [2.75, 3.05) is 6.54 Å². The first kappa shape index (κ1) is 18.7. The molecule has 2 amide bonds. The van der Waals surface area contributed by atoms with Gasteiger partial charge in [-0.3, -0.25) is 9.59 Å². The number of aliphatic hydroxyl groups excluding tert-OH is 1. The second-order valence-corrected chi connectivity index (χ2v) is 6.07. The van der Waals surface area contributed by atoms with Gasteiger partial charge in [-0.15, -0.1) is 0 Å². The van der Waals surface area contributed by atoms with Crippen molar-refractivity contribution in [2.24, 2.45) is 0 Å². The zero-order valence-electron chi connectivity index (χ0n) is 14.5. The minimum absolute atomic E-state index is 0.277. The van der Waals surface area contributed by atoms with Gasteiger partial charge in [-0.05, 0) is 38.0 Å². The van der Waals surface area contributed by atoms with Gasteiger partial charge in [-0.1, -0.05) is 48.0 Å². The van der Waals surface area contributed by atoms with E-state index in [4.69, 9.17) is 0 Å². The van der Waals surface area contributed by atoms with Crippen LogP contribution in [0.15, 0.2) is 54.6 Å². The summed E-state index contributed by atoms with van der Waals surface area (Å²) in [6, 6.07) is 15.8. The van der Waals surface area contributed by atoms with E-state index in [1.807, 2.05) is 43.3 Å². The van der Waals surface area contributed by atoms with Gasteiger partial charge >= 0.3 is 0 Å². The third-order valence-corrected chi connectivity index (χ3v) is 3.92. The van der Waals surface area contributed by atoms with Crippen LogP contribution in [-0.4, -0.2) is 29.5 Å². The van der Waals surface area contributed by atoms with Crippen LogP contribution in [0.5, 0.6) is 0 Å². The van der Waals surface area contributed by atoms with Crippen LogP contribution in [-0.2, 0) is 4.79 Å². The summed E-state index contributed by atoms with van der Waals surface area (Å²) in [5.74, 6) is -0.558. The van der Waals surface area contributed by atoms with Crippen molar-refractivity contribution >= 4 is 11.8 Å². The summed E-state index contributed by atoms with van der Waals surface area (Å²) in [7, 11) is 0. The first-order valence-corrected chi connectivity index (χ1v) is 8.35. The third-order valence-electron chi connectivity index (χ3n) is 3.92. The molecular weight excluding hydrogens is 316 g/mol. The molecule has 0 heterocycles. The van der Waals surface area contributed by atoms with Crippen LogP contribution >= 0.6 is 0 Å². The van der Waals surface area contributed by atoms with Crippen molar-refractivity contribution in [3.8, 4) is 0 Å². The lowest BCUT2D eigenvalue weighted by Gasteiger charge is -2.16. The normalized spacial score (nSPS) is 12.9. The van der Waals surface area contributed by atoms with E-state index in [-0.39, 0.29) is 11.8 Å². The van der Waals surface area contributed by atoms with E-state index in [1.54, 1.807) is 25.1 Å². The quantitative estimate of drug-likeness (QED) is 0.724. The number of amides is 2. The lowest BCUT2D eigenvalue weighted by atomic mass is 10.1. The van der Waals surface area contributed by atoms with Crippen molar-refractivity contribution in [2.45, 2.75) is 32.4 Å². The largest absolute Gasteiger partial charge is 0.388 e. The number of nitrogens with one attached hydrogen (secondary N) is 2. The van der Waals surface area contributed by atoms with Gasteiger partial charge in [0.1, 0.15) is 6.04 Å². The van der Waals surface area contributed by atoms with Gasteiger partial charge in [-0.2, -0.15) is 0 Å². The van der Waals surface area contributed by atoms with Gasteiger partial charge in [0.2, 0.25) is 5.91 Å². The molecule has 2 unspecified atom stereocenters. The van der Waals surface area contributed by atoms with Crippen molar-refractivity contribution in [3.05, 3.63) is 71.3 Å². The van der Waals surface area contributed by atoms with Crippen LogP contribution in [0.1, 0.15) is 40.9 Å². The number of aliphatic hydroxyl groups is 1. The monoisotopic (exact) mass is 340 g/mol. The van der Waals surface area contributed by atoms with Gasteiger partial charge in [0.15, 0.2) is 0 Å². The highest BCUT2D eigenvalue weighted by molar-refractivity contribution is 5.97. The van der Waals surface area contributed by atoms with E-state index < -0.39 is 12.1 Å². The summed E-state index contributed by atoms with van der Waals surface area (Å²) in [6.07, 6.45) is -0.215. The number of carbonyl (C=O) groups excluding carboxylic acids is 2. The third kappa shape index (κ3) is 5.72. The highest BCUT2D eigenvalue weighted by atomic mass is 16.3. The first-order chi connectivity index (χ1) is 12.0. The first-order valence-electron chi connectivity index (χ1n) is 8.35. The number of aryl methyl sites for hydroxylation is 1. The number of rotatable bonds is 7. The smallest absolute Gasteiger partial charge is 0.251 e. The van der Waals surface area contributed by atoms with Gasteiger partial charge in [0, 0.05) is 12.1 Å². The molecule has 5 heteroatoms. The van der Waals surface area contributed by atoms with Crippen molar-refractivity contribution < 1.29 is 14.7 Å². The maximum Gasteiger partial charge on any atom is 0.251 e. The molecule has 0 aliphatic heterocycles. The molecule has 2 aromatic rings. The van der Waals surface area contributed by atoms with Crippen LogP contribution in [0.4, 0.5) is 0 Å². The fourth-order valence-corrected chi connectivity index (χ4v) is 2.46. The number of hydrogen-bond acceptors (Lipinski definition) is 3. The molecule has 0 spiro atoms. The Labute approximate surface area is 148 Å². The highest BCUT2D eigenvalue weighted by Crippen LogP contribution is 2.14. The summed E-state index contributed by atoms with van der Waals surface area (Å²) in [4.78, 5) is 24.2. The predicted molar refractivity (Wildman–Crippen MR) is 97.1 cm³/mol. The van der Waals surface area contributed by atoms with E-state index in [1.165, 1.54) is 0 Å². The Morgan fingerprint density at radius 2 is 1.80 bits per heavy atom. The summed E-state index contributed by atoms with van der Waals surface area (Å²) in [5.41, 5.74) is 2.33. The Balaban J connectivity index is 1.77. The molecule has 0 aromatic heterocycles. The molecule has 0 bridgehead atoms. The molecule has 0 saturated carbocycles. The number of carbonyl (C=O) groups is 2. The van der Waals surface area contributed by atoms with Crippen LogP contribution in [0, 0.1) is 6.92 Å².